The molecule has 6 nitrogen and oxygen atoms in total. The monoisotopic (exact) mass is 203 g/mol. The zero-order chi connectivity index (χ0) is 10.4. The van der Waals surface area contributed by atoms with Crippen LogP contribution < -0.4 is 10.2 Å². The second-order valence-electron chi connectivity index (χ2n) is 3.48. The van der Waals surface area contributed by atoms with E-state index >= 15 is 0 Å². The number of hydrogen-bond donors (Lipinski definition) is 2. The van der Waals surface area contributed by atoms with Crippen LogP contribution in [0, 0.1) is 0 Å². The molecule has 2 aromatic rings. The van der Waals surface area contributed by atoms with Gasteiger partial charge in [-0.1, -0.05) is 0 Å². The average molecular weight is 203 g/mol. The number of hydrogen-bond acceptors (Lipinski definition) is 3. The molecular formula is C9H9N5O. The Hall–Kier alpha value is -2.11. The van der Waals surface area contributed by atoms with Crippen molar-refractivity contribution in [3.63, 3.8) is 0 Å². The summed E-state index contributed by atoms with van der Waals surface area (Å²) < 4.78 is 0. The first kappa shape index (κ1) is 8.22. The van der Waals surface area contributed by atoms with Crippen molar-refractivity contribution >= 4 is 22.8 Å². The van der Waals surface area contributed by atoms with Gasteiger partial charge in [-0.3, -0.25) is 10.00 Å². The number of amides is 2. The fraction of sp³-hybridized carbons (Fsp3) is 0.222. The summed E-state index contributed by atoms with van der Waals surface area (Å²) in [5, 5.41) is 10.3. The summed E-state index contributed by atoms with van der Waals surface area (Å²) in [6.45, 7) is 0.520. The number of fused-ring (bicyclic) bond motifs is 3. The van der Waals surface area contributed by atoms with E-state index in [4.69, 9.17) is 0 Å². The molecule has 15 heavy (non-hydrogen) atoms. The molecule has 76 valence electrons. The van der Waals surface area contributed by atoms with Gasteiger partial charge in [-0.2, -0.15) is 5.10 Å². The van der Waals surface area contributed by atoms with E-state index in [1.54, 1.807) is 24.3 Å². The predicted molar refractivity (Wildman–Crippen MR) is 54.5 cm³/mol. The Kier molecular flexibility index (Phi) is 1.47. The third kappa shape index (κ3) is 1.01. The number of H-pyrrole nitrogens is 1. The van der Waals surface area contributed by atoms with Crippen LogP contribution in [0.1, 0.15) is 5.56 Å². The number of aromatic nitrogens is 3. The smallest absolute Gasteiger partial charge is 0.321 e. The molecule has 0 spiro atoms. The maximum atomic E-state index is 11.5. The molecular weight excluding hydrogens is 194 g/mol. The van der Waals surface area contributed by atoms with Gasteiger partial charge in [0, 0.05) is 25.4 Å². The fourth-order valence-corrected chi connectivity index (χ4v) is 1.84. The highest BCUT2D eigenvalue weighted by Gasteiger charge is 2.23. The lowest BCUT2D eigenvalue weighted by Crippen LogP contribution is -2.41. The van der Waals surface area contributed by atoms with Crippen LogP contribution in [-0.2, 0) is 6.54 Å². The first-order valence-electron chi connectivity index (χ1n) is 4.60. The topological polar surface area (TPSA) is 73.9 Å². The summed E-state index contributed by atoms with van der Waals surface area (Å²) in [5.74, 6) is 0. The molecule has 1 aliphatic heterocycles. The number of pyridine rings is 1. The molecule has 0 atom stereocenters. The van der Waals surface area contributed by atoms with Crippen LogP contribution in [0.15, 0.2) is 12.4 Å². The lowest BCUT2D eigenvalue weighted by Gasteiger charge is -2.26. The molecule has 2 N–H and O–H groups in total. The third-order valence-corrected chi connectivity index (χ3v) is 2.60. The van der Waals surface area contributed by atoms with E-state index in [1.807, 2.05) is 0 Å². The molecule has 0 bridgehead atoms. The Morgan fingerprint density at radius 3 is 3.20 bits per heavy atom. The SMILES string of the molecule is CN1C(=O)NCc2cnc3[nH]ncc3c21. The molecule has 0 aromatic carbocycles. The van der Waals surface area contributed by atoms with Crippen LogP contribution in [0.3, 0.4) is 0 Å². The number of carbonyl (C=O) groups is 1. The minimum absolute atomic E-state index is 0.101. The zero-order valence-electron chi connectivity index (χ0n) is 8.11. The molecule has 0 radical (unpaired) electrons. The molecule has 1 aliphatic rings. The summed E-state index contributed by atoms with van der Waals surface area (Å²) in [7, 11) is 1.74. The molecule has 0 aliphatic carbocycles. The number of nitrogens with zero attached hydrogens (tertiary/aromatic N) is 3. The maximum absolute atomic E-state index is 11.5. The molecule has 0 unspecified atom stereocenters. The van der Waals surface area contributed by atoms with Crippen LogP contribution in [0.2, 0.25) is 0 Å². The Morgan fingerprint density at radius 2 is 2.33 bits per heavy atom. The highest BCUT2D eigenvalue weighted by atomic mass is 16.2. The van der Waals surface area contributed by atoms with E-state index in [0.29, 0.717) is 12.2 Å². The Labute approximate surface area is 85.3 Å². The largest absolute Gasteiger partial charge is 0.333 e. The number of rotatable bonds is 0. The van der Waals surface area contributed by atoms with Crippen LogP contribution >= 0.6 is 0 Å². The predicted octanol–water partition coefficient (Wildman–Crippen LogP) is 0.617. The quantitative estimate of drug-likeness (QED) is 0.659. The molecule has 2 aromatic heterocycles. The molecule has 0 saturated heterocycles. The summed E-state index contributed by atoms with van der Waals surface area (Å²) in [4.78, 5) is 17.3. The molecule has 0 fully saturated rings. The lowest BCUT2D eigenvalue weighted by atomic mass is 10.1. The summed E-state index contributed by atoms with van der Waals surface area (Å²) >= 11 is 0. The molecule has 3 rings (SSSR count). The Morgan fingerprint density at radius 1 is 1.47 bits per heavy atom. The van der Waals surface area contributed by atoms with Gasteiger partial charge in [-0.05, 0) is 0 Å². The van der Waals surface area contributed by atoms with E-state index in [-0.39, 0.29) is 6.03 Å². The molecule has 6 heteroatoms. The van der Waals surface area contributed by atoms with Gasteiger partial charge < -0.3 is 5.32 Å². The van der Waals surface area contributed by atoms with Gasteiger partial charge in [0.25, 0.3) is 0 Å². The molecule has 2 amide bonds. The van der Waals surface area contributed by atoms with E-state index in [0.717, 1.165) is 16.6 Å². The van der Waals surface area contributed by atoms with Gasteiger partial charge in [0.2, 0.25) is 0 Å². The number of anilines is 1. The number of nitrogens with one attached hydrogen (secondary N) is 2. The van der Waals surface area contributed by atoms with Crippen molar-refractivity contribution in [3.05, 3.63) is 18.0 Å². The highest BCUT2D eigenvalue weighted by molar-refractivity contribution is 6.03. The third-order valence-electron chi connectivity index (χ3n) is 2.60. The van der Waals surface area contributed by atoms with E-state index in [1.165, 1.54) is 0 Å². The van der Waals surface area contributed by atoms with Gasteiger partial charge >= 0.3 is 6.03 Å². The van der Waals surface area contributed by atoms with Gasteiger partial charge in [0.05, 0.1) is 17.3 Å². The van der Waals surface area contributed by atoms with Crippen molar-refractivity contribution in [1.29, 1.82) is 0 Å². The minimum atomic E-state index is -0.101. The summed E-state index contributed by atoms with van der Waals surface area (Å²) in [5.41, 5.74) is 2.60. The summed E-state index contributed by atoms with van der Waals surface area (Å²) in [6, 6.07) is -0.101. The van der Waals surface area contributed by atoms with Crippen molar-refractivity contribution < 1.29 is 4.79 Å². The fourth-order valence-electron chi connectivity index (χ4n) is 1.84. The van der Waals surface area contributed by atoms with Crippen LogP contribution in [0.4, 0.5) is 10.5 Å². The Bertz CT molecular complexity index is 546. The van der Waals surface area contributed by atoms with Gasteiger partial charge in [0.1, 0.15) is 0 Å². The van der Waals surface area contributed by atoms with Crippen molar-refractivity contribution in [2.75, 3.05) is 11.9 Å². The van der Waals surface area contributed by atoms with Crippen molar-refractivity contribution in [2.45, 2.75) is 6.54 Å². The standard InChI is InChI=1S/C9H9N5O/c1-14-7-5(3-11-9(14)15)2-10-8-6(7)4-12-13-8/h2,4H,3H2,1H3,(H,11,15)(H,10,12,13). The van der Waals surface area contributed by atoms with Crippen LogP contribution in [0.25, 0.3) is 11.0 Å². The second-order valence-corrected chi connectivity index (χ2v) is 3.48. The normalized spacial score (nSPS) is 15.3. The van der Waals surface area contributed by atoms with Crippen molar-refractivity contribution in [2.24, 2.45) is 0 Å². The molecule has 3 heterocycles. The van der Waals surface area contributed by atoms with Crippen LogP contribution in [-0.4, -0.2) is 28.3 Å². The number of aromatic amines is 1. The number of carbonyl (C=O) groups excluding carboxylic acids is 1. The van der Waals surface area contributed by atoms with Gasteiger partial charge in [0.15, 0.2) is 5.65 Å². The highest BCUT2D eigenvalue weighted by Crippen LogP contribution is 2.29. The van der Waals surface area contributed by atoms with Crippen molar-refractivity contribution in [3.8, 4) is 0 Å². The maximum Gasteiger partial charge on any atom is 0.321 e. The zero-order valence-corrected chi connectivity index (χ0v) is 8.11. The van der Waals surface area contributed by atoms with E-state index in [2.05, 4.69) is 20.5 Å². The number of urea groups is 1. The Balaban J connectivity index is 2.35. The van der Waals surface area contributed by atoms with E-state index in [9.17, 15) is 4.79 Å². The first-order valence-corrected chi connectivity index (χ1v) is 4.60. The van der Waals surface area contributed by atoms with E-state index < -0.39 is 0 Å². The molecule has 0 saturated carbocycles. The van der Waals surface area contributed by atoms with Gasteiger partial charge in [-0.25, -0.2) is 9.78 Å². The lowest BCUT2D eigenvalue weighted by molar-refractivity contribution is 0.246. The van der Waals surface area contributed by atoms with Gasteiger partial charge in [-0.15, -0.1) is 0 Å². The van der Waals surface area contributed by atoms with Crippen LogP contribution in [0.5, 0.6) is 0 Å². The second kappa shape index (κ2) is 2.69. The minimum Gasteiger partial charge on any atom is -0.333 e. The summed E-state index contributed by atoms with van der Waals surface area (Å²) in [6.07, 6.45) is 3.45. The van der Waals surface area contributed by atoms with Crippen molar-refractivity contribution in [1.82, 2.24) is 20.5 Å². The first-order chi connectivity index (χ1) is 7.27. The average Bonchev–Trinajstić information content (AvgIpc) is 2.70.